The number of benzene rings is 1. The smallest absolute Gasteiger partial charge is 0.251 e. The third-order valence-electron chi connectivity index (χ3n) is 1.50. The number of halogens is 3. The van der Waals surface area contributed by atoms with Gasteiger partial charge in [-0.3, -0.25) is 4.79 Å². The van der Waals surface area contributed by atoms with Gasteiger partial charge in [0, 0.05) is 23.5 Å². The van der Waals surface area contributed by atoms with Crippen LogP contribution < -0.4 is 5.32 Å². The molecule has 1 rings (SSSR count). The fraction of sp³-hybridized carbons (Fsp3) is 0.222. The zero-order valence-electron chi connectivity index (χ0n) is 7.19. The number of carbonyl (C=O) groups is 1. The van der Waals surface area contributed by atoms with Crippen molar-refractivity contribution >= 4 is 21.8 Å². The molecule has 0 aromatic heterocycles. The molecule has 0 aliphatic rings. The van der Waals surface area contributed by atoms with Gasteiger partial charge >= 0.3 is 0 Å². The first-order valence-electron chi connectivity index (χ1n) is 3.93. The molecule has 0 aliphatic heterocycles. The number of nitrogens with one attached hydrogen (secondary N) is 1. The molecule has 0 atom stereocenters. The molecular weight excluding hydrogens is 256 g/mol. The van der Waals surface area contributed by atoms with Crippen LogP contribution in [0.5, 0.6) is 0 Å². The Kier molecular flexibility index (Phi) is 4.00. The third kappa shape index (κ3) is 3.06. The van der Waals surface area contributed by atoms with E-state index in [4.69, 9.17) is 0 Å². The number of rotatable bonds is 3. The Balaban J connectivity index is 2.79. The van der Waals surface area contributed by atoms with Crippen molar-refractivity contribution in [3.8, 4) is 0 Å². The number of hydrogen-bond acceptors (Lipinski definition) is 1. The fourth-order valence-electron chi connectivity index (χ4n) is 0.948. The molecule has 0 saturated heterocycles. The van der Waals surface area contributed by atoms with E-state index in [1.165, 1.54) is 0 Å². The van der Waals surface area contributed by atoms with Crippen molar-refractivity contribution in [3.05, 3.63) is 35.4 Å². The van der Waals surface area contributed by atoms with Gasteiger partial charge in [0.1, 0.15) is 11.6 Å². The van der Waals surface area contributed by atoms with Crippen molar-refractivity contribution in [3.63, 3.8) is 0 Å². The van der Waals surface area contributed by atoms with Gasteiger partial charge in [-0.1, -0.05) is 15.9 Å². The fourth-order valence-corrected chi connectivity index (χ4v) is 1.15. The van der Waals surface area contributed by atoms with Gasteiger partial charge in [-0.15, -0.1) is 0 Å². The van der Waals surface area contributed by atoms with Crippen LogP contribution in [0.4, 0.5) is 8.78 Å². The Morgan fingerprint density at radius 1 is 1.29 bits per heavy atom. The van der Waals surface area contributed by atoms with E-state index < -0.39 is 17.5 Å². The molecule has 76 valence electrons. The van der Waals surface area contributed by atoms with Crippen LogP contribution in [-0.4, -0.2) is 17.8 Å². The van der Waals surface area contributed by atoms with E-state index in [0.717, 1.165) is 18.2 Å². The first-order valence-corrected chi connectivity index (χ1v) is 5.06. The zero-order chi connectivity index (χ0) is 10.6. The largest absolute Gasteiger partial charge is 0.351 e. The molecule has 1 N–H and O–H groups in total. The summed E-state index contributed by atoms with van der Waals surface area (Å²) >= 11 is 3.12. The summed E-state index contributed by atoms with van der Waals surface area (Å²) in [4.78, 5) is 11.2. The van der Waals surface area contributed by atoms with Crippen LogP contribution in [0.1, 0.15) is 10.4 Å². The summed E-state index contributed by atoms with van der Waals surface area (Å²) in [5.41, 5.74) is -0.0107. The van der Waals surface area contributed by atoms with Gasteiger partial charge in [0.05, 0.1) is 0 Å². The van der Waals surface area contributed by atoms with Crippen molar-refractivity contribution in [2.24, 2.45) is 0 Å². The molecule has 5 heteroatoms. The molecule has 0 bridgehead atoms. The van der Waals surface area contributed by atoms with Crippen LogP contribution in [0.15, 0.2) is 18.2 Å². The molecule has 1 aromatic rings. The maximum atomic E-state index is 12.7. The van der Waals surface area contributed by atoms with Crippen molar-refractivity contribution in [2.45, 2.75) is 0 Å². The van der Waals surface area contributed by atoms with E-state index >= 15 is 0 Å². The van der Waals surface area contributed by atoms with Gasteiger partial charge in [0.25, 0.3) is 5.91 Å². The summed E-state index contributed by atoms with van der Waals surface area (Å²) < 4.78 is 25.4. The highest BCUT2D eigenvalue weighted by molar-refractivity contribution is 9.09. The van der Waals surface area contributed by atoms with Gasteiger partial charge in [0.2, 0.25) is 0 Å². The minimum absolute atomic E-state index is 0.0107. The lowest BCUT2D eigenvalue weighted by Crippen LogP contribution is -2.25. The molecular formula is C9H8BrF2NO. The summed E-state index contributed by atoms with van der Waals surface area (Å²) in [6.07, 6.45) is 0. The van der Waals surface area contributed by atoms with E-state index in [1.54, 1.807) is 0 Å². The lowest BCUT2D eigenvalue weighted by Gasteiger charge is -2.02. The number of hydrogen-bond donors (Lipinski definition) is 1. The van der Waals surface area contributed by atoms with Gasteiger partial charge in [-0.05, 0) is 12.1 Å². The molecule has 0 unspecified atom stereocenters. The molecule has 0 fully saturated rings. The average Bonchev–Trinajstić information content (AvgIpc) is 2.12. The predicted molar refractivity (Wildman–Crippen MR) is 52.5 cm³/mol. The van der Waals surface area contributed by atoms with Crippen molar-refractivity contribution in [1.29, 1.82) is 0 Å². The summed E-state index contributed by atoms with van der Waals surface area (Å²) in [7, 11) is 0. The minimum atomic E-state index is -0.756. The van der Waals surface area contributed by atoms with E-state index in [9.17, 15) is 13.6 Å². The first kappa shape index (κ1) is 11.1. The van der Waals surface area contributed by atoms with Crippen molar-refractivity contribution in [2.75, 3.05) is 11.9 Å². The van der Waals surface area contributed by atoms with E-state index in [0.29, 0.717) is 11.9 Å². The SMILES string of the molecule is O=C(NCCBr)c1cc(F)cc(F)c1. The number of alkyl halides is 1. The Hall–Kier alpha value is -0.970. The maximum Gasteiger partial charge on any atom is 0.251 e. The Morgan fingerprint density at radius 2 is 1.86 bits per heavy atom. The summed E-state index contributed by atoms with van der Waals surface area (Å²) in [6, 6.07) is 2.71. The maximum absolute atomic E-state index is 12.7. The highest BCUT2D eigenvalue weighted by Crippen LogP contribution is 2.07. The zero-order valence-corrected chi connectivity index (χ0v) is 8.77. The third-order valence-corrected chi connectivity index (χ3v) is 1.90. The second kappa shape index (κ2) is 5.05. The predicted octanol–water partition coefficient (Wildman–Crippen LogP) is 2.09. The monoisotopic (exact) mass is 263 g/mol. The Morgan fingerprint density at radius 3 is 2.36 bits per heavy atom. The van der Waals surface area contributed by atoms with Gasteiger partial charge in [0.15, 0.2) is 0 Å². The molecule has 14 heavy (non-hydrogen) atoms. The van der Waals surface area contributed by atoms with Crippen LogP contribution in [0.25, 0.3) is 0 Å². The topological polar surface area (TPSA) is 29.1 Å². The summed E-state index contributed by atoms with van der Waals surface area (Å²) in [5.74, 6) is -1.99. The van der Waals surface area contributed by atoms with E-state index in [1.807, 2.05) is 0 Å². The quantitative estimate of drug-likeness (QED) is 0.832. The summed E-state index contributed by atoms with van der Waals surface area (Å²) in [6.45, 7) is 0.414. The Bertz CT molecular complexity index is 323. The van der Waals surface area contributed by atoms with Crippen LogP contribution in [0, 0.1) is 11.6 Å². The molecule has 0 heterocycles. The summed E-state index contributed by atoms with van der Waals surface area (Å²) in [5, 5.41) is 3.08. The molecule has 0 aliphatic carbocycles. The van der Waals surface area contributed by atoms with Crippen molar-refractivity contribution < 1.29 is 13.6 Å². The molecule has 0 radical (unpaired) electrons. The Labute approximate surface area is 88.4 Å². The first-order chi connectivity index (χ1) is 6.63. The average molecular weight is 264 g/mol. The molecule has 2 nitrogen and oxygen atoms in total. The molecule has 1 amide bonds. The molecule has 1 aromatic carbocycles. The second-order valence-corrected chi connectivity index (χ2v) is 3.40. The van der Waals surface area contributed by atoms with E-state index in [-0.39, 0.29) is 5.56 Å². The second-order valence-electron chi connectivity index (χ2n) is 2.60. The van der Waals surface area contributed by atoms with Crippen molar-refractivity contribution in [1.82, 2.24) is 5.32 Å². The highest BCUT2D eigenvalue weighted by atomic mass is 79.9. The molecule has 0 spiro atoms. The van der Waals surface area contributed by atoms with Gasteiger partial charge in [-0.25, -0.2) is 8.78 Å². The van der Waals surface area contributed by atoms with Gasteiger partial charge in [-0.2, -0.15) is 0 Å². The lowest BCUT2D eigenvalue weighted by molar-refractivity contribution is 0.0955. The minimum Gasteiger partial charge on any atom is -0.351 e. The lowest BCUT2D eigenvalue weighted by atomic mass is 10.2. The number of carbonyl (C=O) groups excluding carboxylic acids is 1. The standard InChI is InChI=1S/C9H8BrF2NO/c10-1-2-13-9(14)6-3-7(11)5-8(12)4-6/h3-5H,1-2H2,(H,13,14). The van der Waals surface area contributed by atoms with Crippen LogP contribution in [0.3, 0.4) is 0 Å². The molecule has 0 saturated carbocycles. The van der Waals surface area contributed by atoms with Gasteiger partial charge < -0.3 is 5.32 Å². The van der Waals surface area contributed by atoms with E-state index in [2.05, 4.69) is 21.2 Å². The van der Waals surface area contributed by atoms with Crippen LogP contribution in [0.2, 0.25) is 0 Å². The van der Waals surface area contributed by atoms with Crippen LogP contribution >= 0.6 is 15.9 Å². The number of amides is 1. The normalized spacial score (nSPS) is 9.93. The highest BCUT2D eigenvalue weighted by Gasteiger charge is 2.07. The van der Waals surface area contributed by atoms with Crippen LogP contribution in [-0.2, 0) is 0 Å².